The van der Waals surface area contributed by atoms with Crippen LogP contribution < -0.4 is 0 Å². The van der Waals surface area contributed by atoms with Gasteiger partial charge in [0.05, 0.1) is 5.75 Å². The van der Waals surface area contributed by atoms with E-state index < -0.39 is 0 Å². The molecular formula is C16H11ClN2O2S. The summed E-state index contributed by atoms with van der Waals surface area (Å²) in [5.41, 5.74) is 1.42. The monoisotopic (exact) mass is 330 g/mol. The molecule has 0 saturated carbocycles. The molecule has 22 heavy (non-hydrogen) atoms. The lowest BCUT2D eigenvalue weighted by Gasteiger charge is -1.99. The van der Waals surface area contributed by atoms with E-state index in [4.69, 9.17) is 16.0 Å². The van der Waals surface area contributed by atoms with Crippen LogP contribution in [0.1, 0.15) is 10.4 Å². The van der Waals surface area contributed by atoms with E-state index >= 15 is 0 Å². The van der Waals surface area contributed by atoms with Gasteiger partial charge in [0.1, 0.15) is 0 Å². The summed E-state index contributed by atoms with van der Waals surface area (Å²) >= 11 is 7.09. The Morgan fingerprint density at radius 3 is 2.68 bits per heavy atom. The van der Waals surface area contributed by atoms with Gasteiger partial charge in [-0.2, -0.15) is 0 Å². The van der Waals surface area contributed by atoms with Crippen molar-refractivity contribution in [2.24, 2.45) is 0 Å². The maximum atomic E-state index is 12.1. The molecule has 0 aliphatic heterocycles. The molecule has 0 aliphatic carbocycles. The van der Waals surface area contributed by atoms with Crippen LogP contribution >= 0.6 is 23.4 Å². The first kappa shape index (κ1) is 14.8. The van der Waals surface area contributed by atoms with Crippen LogP contribution in [0.15, 0.2) is 64.2 Å². The van der Waals surface area contributed by atoms with E-state index in [1.807, 2.05) is 30.3 Å². The highest BCUT2D eigenvalue weighted by atomic mass is 35.5. The van der Waals surface area contributed by atoms with Gasteiger partial charge in [-0.25, -0.2) is 0 Å². The Hall–Kier alpha value is -2.11. The number of carbonyl (C=O) groups excluding carboxylic acids is 1. The Morgan fingerprint density at radius 1 is 1.09 bits per heavy atom. The lowest BCUT2D eigenvalue weighted by Crippen LogP contribution is -2.01. The fourth-order valence-electron chi connectivity index (χ4n) is 1.84. The van der Waals surface area contributed by atoms with Crippen LogP contribution in [0, 0.1) is 0 Å². The summed E-state index contributed by atoms with van der Waals surface area (Å²) in [6.07, 6.45) is 0. The number of aromatic nitrogens is 2. The number of carbonyl (C=O) groups is 1. The molecule has 1 aromatic heterocycles. The summed E-state index contributed by atoms with van der Waals surface area (Å²) in [7, 11) is 0. The highest BCUT2D eigenvalue weighted by Gasteiger charge is 2.12. The molecule has 0 fully saturated rings. The van der Waals surface area contributed by atoms with Crippen LogP contribution in [-0.2, 0) is 0 Å². The number of benzene rings is 2. The minimum absolute atomic E-state index is 0.0352. The highest BCUT2D eigenvalue weighted by Crippen LogP contribution is 2.23. The van der Waals surface area contributed by atoms with Gasteiger partial charge in [-0.15, -0.1) is 10.2 Å². The molecule has 110 valence electrons. The fraction of sp³-hybridized carbons (Fsp3) is 0.0625. The smallest absolute Gasteiger partial charge is 0.277 e. The number of ketones is 1. The van der Waals surface area contributed by atoms with Crippen LogP contribution in [-0.4, -0.2) is 21.7 Å². The summed E-state index contributed by atoms with van der Waals surface area (Å²) < 4.78 is 5.54. The standard InChI is InChI=1S/C16H11ClN2O2S/c17-13-8-4-7-12(9-13)14(20)10-22-16-19-18-15(21-16)11-5-2-1-3-6-11/h1-9H,10H2. The van der Waals surface area contributed by atoms with Crippen molar-refractivity contribution in [2.45, 2.75) is 5.22 Å². The molecule has 0 amide bonds. The van der Waals surface area contributed by atoms with Gasteiger partial charge in [0.15, 0.2) is 5.78 Å². The minimum atomic E-state index is -0.0352. The Morgan fingerprint density at radius 2 is 1.91 bits per heavy atom. The third-order valence-electron chi connectivity index (χ3n) is 2.90. The average Bonchev–Trinajstić information content (AvgIpc) is 3.02. The first-order valence-corrected chi connectivity index (χ1v) is 7.89. The minimum Gasteiger partial charge on any atom is -0.411 e. The predicted octanol–water partition coefficient (Wildman–Crippen LogP) is 4.37. The summed E-state index contributed by atoms with van der Waals surface area (Å²) in [4.78, 5) is 12.1. The molecule has 0 saturated heterocycles. The van der Waals surface area contributed by atoms with Crippen LogP contribution in [0.5, 0.6) is 0 Å². The fourth-order valence-corrected chi connectivity index (χ4v) is 2.69. The van der Waals surface area contributed by atoms with Crippen LogP contribution in [0.3, 0.4) is 0 Å². The van der Waals surface area contributed by atoms with Crippen molar-refractivity contribution in [1.82, 2.24) is 10.2 Å². The van der Waals surface area contributed by atoms with E-state index in [1.165, 1.54) is 11.8 Å². The lowest BCUT2D eigenvalue weighted by atomic mass is 10.1. The Bertz CT molecular complexity index is 790. The lowest BCUT2D eigenvalue weighted by molar-refractivity contribution is 0.102. The van der Waals surface area contributed by atoms with Gasteiger partial charge in [0.2, 0.25) is 5.89 Å². The van der Waals surface area contributed by atoms with E-state index in [9.17, 15) is 4.79 Å². The van der Waals surface area contributed by atoms with Crippen molar-refractivity contribution in [1.29, 1.82) is 0 Å². The van der Waals surface area contributed by atoms with Crippen molar-refractivity contribution in [2.75, 3.05) is 5.75 Å². The van der Waals surface area contributed by atoms with Crippen molar-refractivity contribution in [3.05, 3.63) is 65.2 Å². The largest absolute Gasteiger partial charge is 0.411 e. The SMILES string of the molecule is O=C(CSc1nnc(-c2ccccc2)o1)c1cccc(Cl)c1. The number of halogens is 1. The molecule has 0 atom stereocenters. The topological polar surface area (TPSA) is 56.0 Å². The molecular weight excluding hydrogens is 320 g/mol. The van der Waals surface area contributed by atoms with Gasteiger partial charge in [-0.05, 0) is 24.3 Å². The average molecular weight is 331 g/mol. The van der Waals surface area contributed by atoms with E-state index in [-0.39, 0.29) is 11.5 Å². The Kier molecular flexibility index (Phi) is 4.56. The van der Waals surface area contributed by atoms with Crippen LogP contribution in [0.4, 0.5) is 0 Å². The van der Waals surface area contributed by atoms with Gasteiger partial charge in [-0.3, -0.25) is 4.79 Å². The predicted molar refractivity (Wildman–Crippen MR) is 86.2 cm³/mol. The molecule has 4 nitrogen and oxygen atoms in total. The van der Waals surface area contributed by atoms with Gasteiger partial charge in [-0.1, -0.05) is 53.7 Å². The number of rotatable bonds is 5. The number of Topliss-reactive ketones (excluding diaryl/α,β-unsaturated/α-hetero) is 1. The van der Waals surface area contributed by atoms with Gasteiger partial charge < -0.3 is 4.42 Å². The molecule has 2 aromatic carbocycles. The summed E-state index contributed by atoms with van der Waals surface area (Å²) in [5.74, 6) is 0.627. The quantitative estimate of drug-likeness (QED) is 0.513. The molecule has 0 N–H and O–H groups in total. The van der Waals surface area contributed by atoms with E-state index in [2.05, 4.69) is 10.2 Å². The van der Waals surface area contributed by atoms with Crippen LogP contribution in [0.25, 0.3) is 11.5 Å². The van der Waals surface area contributed by atoms with E-state index in [0.717, 1.165) is 5.56 Å². The molecule has 0 spiro atoms. The van der Waals surface area contributed by atoms with Gasteiger partial charge >= 0.3 is 0 Å². The molecule has 0 bridgehead atoms. The maximum Gasteiger partial charge on any atom is 0.277 e. The van der Waals surface area contributed by atoms with Crippen molar-refractivity contribution in [3.8, 4) is 11.5 Å². The summed E-state index contributed by atoms with van der Waals surface area (Å²) in [6, 6.07) is 16.4. The number of hydrogen-bond donors (Lipinski definition) is 0. The maximum absolute atomic E-state index is 12.1. The van der Waals surface area contributed by atoms with Crippen LogP contribution in [0.2, 0.25) is 5.02 Å². The zero-order chi connectivity index (χ0) is 15.4. The van der Waals surface area contributed by atoms with E-state index in [0.29, 0.717) is 21.7 Å². The van der Waals surface area contributed by atoms with Crippen molar-refractivity contribution >= 4 is 29.1 Å². The normalized spacial score (nSPS) is 10.6. The third-order valence-corrected chi connectivity index (χ3v) is 3.95. The number of thioether (sulfide) groups is 1. The van der Waals surface area contributed by atoms with Crippen molar-refractivity contribution in [3.63, 3.8) is 0 Å². The molecule has 0 aliphatic rings. The van der Waals surface area contributed by atoms with Gasteiger partial charge in [0.25, 0.3) is 5.22 Å². The van der Waals surface area contributed by atoms with E-state index in [1.54, 1.807) is 24.3 Å². The molecule has 1 heterocycles. The third kappa shape index (κ3) is 3.55. The first-order valence-electron chi connectivity index (χ1n) is 6.53. The van der Waals surface area contributed by atoms with Gasteiger partial charge in [0, 0.05) is 16.1 Å². The first-order chi connectivity index (χ1) is 10.7. The second-order valence-corrected chi connectivity index (χ2v) is 5.82. The molecule has 3 aromatic rings. The highest BCUT2D eigenvalue weighted by molar-refractivity contribution is 7.99. The Balaban J connectivity index is 1.65. The zero-order valence-corrected chi connectivity index (χ0v) is 13.0. The number of nitrogens with zero attached hydrogens (tertiary/aromatic N) is 2. The Labute approximate surface area is 136 Å². The molecule has 0 unspecified atom stereocenters. The number of hydrogen-bond acceptors (Lipinski definition) is 5. The molecule has 3 rings (SSSR count). The summed E-state index contributed by atoms with van der Waals surface area (Å²) in [5, 5.41) is 8.84. The summed E-state index contributed by atoms with van der Waals surface area (Å²) in [6.45, 7) is 0. The second kappa shape index (κ2) is 6.77. The molecule has 0 radical (unpaired) electrons. The second-order valence-electron chi connectivity index (χ2n) is 4.46. The molecule has 6 heteroatoms. The zero-order valence-electron chi connectivity index (χ0n) is 11.4. The van der Waals surface area contributed by atoms with Crippen molar-refractivity contribution < 1.29 is 9.21 Å².